The molecule has 5 nitrogen and oxygen atoms in total. The van der Waals surface area contributed by atoms with Crippen LogP contribution in [-0.2, 0) is 6.54 Å². The van der Waals surface area contributed by atoms with Gasteiger partial charge in [-0.15, -0.1) is 11.3 Å². The lowest BCUT2D eigenvalue weighted by molar-refractivity contribution is 0.300. The van der Waals surface area contributed by atoms with Crippen molar-refractivity contribution in [2.24, 2.45) is 0 Å². The summed E-state index contributed by atoms with van der Waals surface area (Å²) in [7, 11) is 0. The first-order chi connectivity index (χ1) is 7.66. The fourth-order valence-corrected chi connectivity index (χ4v) is 2.12. The number of rotatable bonds is 4. The van der Waals surface area contributed by atoms with Crippen molar-refractivity contribution in [1.29, 1.82) is 0 Å². The molecular formula is C10H14N4OS. The summed E-state index contributed by atoms with van der Waals surface area (Å²) >= 11 is 1.70. The van der Waals surface area contributed by atoms with Gasteiger partial charge < -0.3 is 5.32 Å². The van der Waals surface area contributed by atoms with E-state index < -0.39 is 0 Å². The molecule has 0 amide bonds. The van der Waals surface area contributed by atoms with Crippen molar-refractivity contribution in [1.82, 2.24) is 20.6 Å². The number of nitrogens with zero attached hydrogens (tertiary/aromatic N) is 3. The van der Waals surface area contributed by atoms with Crippen molar-refractivity contribution in [3.8, 4) is 0 Å². The Morgan fingerprint density at radius 2 is 2.25 bits per heavy atom. The SMILES string of the molecule is Cc1cnc(C(C)NCc2nonc2C)s1. The molecule has 16 heavy (non-hydrogen) atoms. The molecule has 86 valence electrons. The average Bonchev–Trinajstić information content (AvgIpc) is 2.84. The van der Waals surface area contributed by atoms with Crippen molar-refractivity contribution in [3.63, 3.8) is 0 Å². The summed E-state index contributed by atoms with van der Waals surface area (Å²) in [6.07, 6.45) is 1.89. The van der Waals surface area contributed by atoms with Gasteiger partial charge in [0.1, 0.15) is 16.4 Å². The number of aromatic nitrogens is 3. The third-order valence-corrected chi connectivity index (χ3v) is 3.43. The van der Waals surface area contributed by atoms with Crippen LogP contribution >= 0.6 is 11.3 Å². The fourth-order valence-electron chi connectivity index (χ4n) is 1.32. The van der Waals surface area contributed by atoms with Crippen LogP contribution in [0.3, 0.4) is 0 Å². The lowest BCUT2D eigenvalue weighted by Crippen LogP contribution is -2.18. The highest BCUT2D eigenvalue weighted by Gasteiger charge is 2.11. The Balaban J connectivity index is 1.93. The molecule has 0 aliphatic heterocycles. The molecule has 0 bridgehead atoms. The summed E-state index contributed by atoms with van der Waals surface area (Å²) in [5.41, 5.74) is 1.68. The monoisotopic (exact) mass is 238 g/mol. The molecule has 6 heteroatoms. The summed E-state index contributed by atoms with van der Waals surface area (Å²) in [4.78, 5) is 5.56. The quantitative estimate of drug-likeness (QED) is 0.882. The Bertz CT molecular complexity index is 465. The summed E-state index contributed by atoms with van der Waals surface area (Å²) in [6, 6.07) is 0.217. The normalized spacial score (nSPS) is 12.9. The van der Waals surface area contributed by atoms with E-state index in [4.69, 9.17) is 0 Å². The highest BCUT2D eigenvalue weighted by atomic mass is 32.1. The maximum absolute atomic E-state index is 4.63. The van der Waals surface area contributed by atoms with Crippen LogP contribution in [0, 0.1) is 13.8 Å². The molecule has 1 N–H and O–H groups in total. The maximum Gasteiger partial charge on any atom is 0.121 e. The molecule has 2 aromatic rings. The van der Waals surface area contributed by atoms with Gasteiger partial charge in [-0.3, -0.25) is 0 Å². The molecule has 1 unspecified atom stereocenters. The van der Waals surface area contributed by atoms with Crippen LogP contribution in [0.2, 0.25) is 0 Å². The van der Waals surface area contributed by atoms with Gasteiger partial charge in [0.2, 0.25) is 0 Å². The van der Waals surface area contributed by atoms with Gasteiger partial charge in [-0.2, -0.15) is 0 Å². The van der Waals surface area contributed by atoms with E-state index in [1.165, 1.54) is 4.88 Å². The molecule has 0 fully saturated rings. The predicted molar refractivity (Wildman–Crippen MR) is 61.1 cm³/mol. The van der Waals surface area contributed by atoms with E-state index in [9.17, 15) is 0 Å². The number of thiazole rings is 1. The van der Waals surface area contributed by atoms with Crippen LogP contribution in [-0.4, -0.2) is 15.3 Å². The topological polar surface area (TPSA) is 63.8 Å². The highest BCUT2D eigenvalue weighted by molar-refractivity contribution is 7.11. The number of nitrogens with one attached hydrogen (secondary N) is 1. The van der Waals surface area contributed by atoms with Gasteiger partial charge in [0.15, 0.2) is 0 Å². The first kappa shape index (κ1) is 11.2. The van der Waals surface area contributed by atoms with Crippen molar-refractivity contribution < 1.29 is 4.63 Å². The maximum atomic E-state index is 4.63. The largest absolute Gasteiger partial charge is 0.302 e. The standard InChI is InChI=1S/C10H14N4OS/c1-6-4-12-10(16-6)8(3)11-5-9-7(2)13-15-14-9/h4,8,11H,5H2,1-3H3. The number of hydrogen-bond donors (Lipinski definition) is 1. The lowest BCUT2D eigenvalue weighted by Gasteiger charge is -2.09. The Kier molecular flexibility index (Phi) is 3.31. The van der Waals surface area contributed by atoms with Crippen molar-refractivity contribution in [3.05, 3.63) is 27.5 Å². The van der Waals surface area contributed by atoms with Crippen LogP contribution in [0.4, 0.5) is 0 Å². The molecule has 0 radical (unpaired) electrons. The molecule has 0 aliphatic carbocycles. The van der Waals surface area contributed by atoms with E-state index in [1.807, 2.05) is 13.1 Å². The second kappa shape index (κ2) is 4.71. The van der Waals surface area contributed by atoms with Crippen LogP contribution in [0.5, 0.6) is 0 Å². The minimum absolute atomic E-state index is 0.217. The van der Waals surface area contributed by atoms with Gasteiger partial charge in [-0.05, 0) is 20.8 Å². The summed E-state index contributed by atoms with van der Waals surface area (Å²) < 4.78 is 4.63. The molecule has 0 aliphatic rings. The smallest absolute Gasteiger partial charge is 0.121 e. The van der Waals surface area contributed by atoms with Crippen LogP contribution in [0.1, 0.15) is 34.2 Å². The van der Waals surface area contributed by atoms with Crippen LogP contribution in [0.15, 0.2) is 10.8 Å². The minimum atomic E-state index is 0.217. The molecule has 0 spiro atoms. The minimum Gasteiger partial charge on any atom is -0.302 e. The molecule has 2 heterocycles. The van der Waals surface area contributed by atoms with Gasteiger partial charge in [-0.1, -0.05) is 10.3 Å². The summed E-state index contributed by atoms with van der Waals surface area (Å²) in [6.45, 7) is 6.67. The van der Waals surface area contributed by atoms with Gasteiger partial charge in [-0.25, -0.2) is 9.61 Å². The van der Waals surface area contributed by atoms with E-state index in [-0.39, 0.29) is 6.04 Å². The molecule has 2 aromatic heterocycles. The van der Waals surface area contributed by atoms with Crippen LogP contribution < -0.4 is 5.32 Å². The molecule has 2 rings (SSSR count). The second-order valence-corrected chi connectivity index (χ2v) is 4.97. The van der Waals surface area contributed by atoms with Gasteiger partial charge >= 0.3 is 0 Å². The van der Waals surface area contributed by atoms with Gasteiger partial charge in [0.05, 0.1) is 6.04 Å². The zero-order chi connectivity index (χ0) is 11.5. The van der Waals surface area contributed by atoms with Crippen molar-refractivity contribution in [2.45, 2.75) is 33.4 Å². The van der Waals surface area contributed by atoms with E-state index in [2.05, 4.69) is 39.1 Å². The Labute approximate surface area is 97.9 Å². The van der Waals surface area contributed by atoms with E-state index in [0.717, 1.165) is 16.4 Å². The van der Waals surface area contributed by atoms with Crippen molar-refractivity contribution in [2.75, 3.05) is 0 Å². The van der Waals surface area contributed by atoms with Crippen molar-refractivity contribution >= 4 is 11.3 Å². The van der Waals surface area contributed by atoms with E-state index in [1.54, 1.807) is 11.3 Å². The summed E-state index contributed by atoms with van der Waals surface area (Å²) in [5, 5.41) is 12.0. The Morgan fingerprint density at radius 3 is 2.81 bits per heavy atom. The number of aryl methyl sites for hydroxylation is 2. The zero-order valence-electron chi connectivity index (χ0n) is 9.52. The molecule has 0 saturated carbocycles. The molecule has 0 aromatic carbocycles. The average molecular weight is 238 g/mol. The van der Waals surface area contributed by atoms with E-state index in [0.29, 0.717) is 6.54 Å². The fraction of sp³-hybridized carbons (Fsp3) is 0.500. The lowest BCUT2D eigenvalue weighted by atomic mass is 10.3. The van der Waals surface area contributed by atoms with Gasteiger partial charge in [0.25, 0.3) is 0 Å². The Hall–Kier alpha value is -1.27. The molecule has 0 saturated heterocycles. The molecular weight excluding hydrogens is 224 g/mol. The Morgan fingerprint density at radius 1 is 1.44 bits per heavy atom. The predicted octanol–water partition coefficient (Wildman–Crippen LogP) is 1.99. The zero-order valence-corrected chi connectivity index (χ0v) is 10.3. The first-order valence-corrected chi connectivity index (χ1v) is 5.92. The highest BCUT2D eigenvalue weighted by Crippen LogP contribution is 2.19. The third kappa shape index (κ3) is 2.45. The third-order valence-electron chi connectivity index (χ3n) is 2.33. The van der Waals surface area contributed by atoms with Crippen LogP contribution in [0.25, 0.3) is 0 Å². The number of hydrogen-bond acceptors (Lipinski definition) is 6. The van der Waals surface area contributed by atoms with Gasteiger partial charge in [0, 0.05) is 17.6 Å². The summed E-state index contributed by atoms with van der Waals surface area (Å²) in [5.74, 6) is 0. The second-order valence-electron chi connectivity index (χ2n) is 3.71. The first-order valence-electron chi connectivity index (χ1n) is 5.10. The molecule has 1 atom stereocenters. The van der Waals surface area contributed by atoms with E-state index >= 15 is 0 Å².